The van der Waals surface area contributed by atoms with Crippen LogP contribution in [0.4, 0.5) is 0 Å². The highest BCUT2D eigenvalue weighted by Gasteiger charge is 2.25. The van der Waals surface area contributed by atoms with E-state index in [9.17, 15) is 0 Å². The van der Waals surface area contributed by atoms with E-state index in [1.807, 2.05) is 0 Å². The maximum Gasteiger partial charge on any atom is -0.00166 e. The fourth-order valence-electron chi connectivity index (χ4n) is 6.07. The van der Waals surface area contributed by atoms with Crippen LogP contribution in [0.5, 0.6) is 0 Å². The van der Waals surface area contributed by atoms with Gasteiger partial charge in [-0.3, -0.25) is 0 Å². The fourth-order valence-corrected chi connectivity index (χ4v) is 11.8. The molecule has 0 radical (unpaired) electrons. The largest absolute Gasteiger partial charge is 0.0969 e. The van der Waals surface area contributed by atoms with Crippen molar-refractivity contribution in [3.8, 4) is 11.1 Å². The Morgan fingerprint density at radius 2 is 1.21 bits per heavy atom. The predicted octanol–water partition coefficient (Wildman–Crippen LogP) is 11.5. The molecule has 0 nitrogen and oxygen atoms in total. The Morgan fingerprint density at radius 1 is 0.658 bits per heavy atom. The quantitative estimate of drug-likeness (QED) is 0.156. The summed E-state index contributed by atoms with van der Waals surface area (Å²) in [5.41, 5.74) is 7.62. The van der Waals surface area contributed by atoms with Gasteiger partial charge >= 0.3 is 0 Å². The molecule has 0 spiro atoms. The third kappa shape index (κ3) is 6.35. The molecule has 4 aromatic carbocycles. The Balaban J connectivity index is 2.10. The molecular weight excluding hydrogens is 494 g/mol. The van der Waals surface area contributed by atoms with E-state index in [0.29, 0.717) is 0 Å². The van der Waals surface area contributed by atoms with Crippen LogP contribution in [0.1, 0.15) is 78.4 Å². The summed E-state index contributed by atoms with van der Waals surface area (Å²) in [7, 11) is -0.320. The zero-order valence-electron chi connectivity index (χ0n) is 24.8. The fraction of sp³-hybridized carbons (Fsp3) is 0.444. The van der Waals surface area contributed by atoms with Gasteiger partial charge < -0.3 is 0 Å². The topological polar surface area (TPSA) is 0 Å². The Kier molecular flexibility index (Phi) is 10.4. The van der Waals surface area contributed by atoms with Crippen LogP contribution >= 0.6 is 15.8 Å². The summed E-state index contributed by atoms with van der Waals surface area (Å²) in [5.74, 6) is 0. The third-order valence-corrected chi connectivity index (χ3v) is 14.3. The standard InChI is InChI=1S/C36H48P2/c1-8-10-22-37(23-11-9-2)36-28(7)24-30-17-13-15-19-33(30)35(36)34-31(25-38(26(3)4)27(5)6)21-20-29-16-12-14-18-32(29)34/h12-21,24,26-27H,8-11,22-23,25H2,1-7H3. The molecule has 4 aromatic rings. The second kappa shape index (κ2) is 13.6. The van der Waals surface area contributed by atoms with Crippen LogP contribution in [0.3, 0.4) is 0 Å². The number of fused-ring (bicyclic) bond motifs is 2. The molecule has 0 aromatic heterocycles. The van der Waals surface area contributed by atoms with Gasteiger partial charge in [-0.1, -0.05) is 137 Å². The minimum atomic E-state index is -0.214. The molecule has 2 heteroatoms. The lowest BCUT2D eigenvalue weighted by atomic mass is 9.89. The van der Waals surface area contributed by atoms with Crippen LogP contribution in [0, 0.1) is 6.92 Å². The monoisotopic (exact) mass is 542 g/mol. The maximum atomic E-state index is 2.49. The van der Waals surface area contributed by atoms with Crippen LogP contribution in [-0.4, -0.2) is 23.6 Å². The minimum Gasteiger partial charge on any atom is -0.0969 e. The molecule has 0 aliphatic heterocycles. The van der Waals surface area contributed by atoms with Crippen molar-refractivity contribution in [3.05, 3.63) is 77.9 Å². The van der Waals surface area contributed by atoms with Crippen molar-refractivity contribution in [2.75, 3.05) is 12.3 Å². The molecule has 38 heavy (non-hydrogen) atoms. The highest BCUT2D eigenvalue weighted by molar-refractivity contribution is 7.66. The predicted molar refractivity (Wildman–Crippen MR) is 179 cm³/mol. The van der Waals surface area contributed by atoms with E-state index < -0.39 is 0 Å². The summed E-state index contributed by atoms with van der Waals surface area (Å²) in [6.45, 7) is 16.9. The zero-order chi connectivity index (χ0) is 27.2. The molecule has 0 saturated heterocycles. The first-order valence-corrected chi connectivity index (χ1v) is 18.3. The van der Waals surface area contributed by atoms with Gasteiger partial charge in [-0.05, 0) is 98.7 Å². The molecule has 4 rings (SSSR count). The van der Waals surface area contributed by atoms with E-state index in [2.05, 4.69) is 115 Å². The van der Waals surface area contributed by atoms with Crippen LogP contribution in [0.15, 0.2) is 66.7 Å². The molecule has 0 bridgehead atoms. The average molecular weight is 543 g/mol. The van der Waals surface area contributed by atoms with Crippen LogP contribution in [0.25, 0.3) is 32.7 Å². The first-order chi connectivity index (χ1) is 18.4. The van der Waals surface area contributed by atoms with Gasteiger partial charge in [0.05, 0.1) is 0 Å². The number of unbranched alkanes of at least 4 members (excludes halogenated alkanes) is 2. The zero-order valence-corrected chi connectivity index (χ0v) is 26.6. The van der Waals surface area contributed by atoms with Crippen LogP contribution in [-0.2, 0) is 6.16 Å². The summed E-state index contributed by atoms with van der Waals surface area (Å²) in [5, 5.41) is 7.33. The number of rotatable bonds is 12. The highest BCUT2D eigenvalue weighted by atomic mass is 31.1. The first-order valence-electron chi connectivity index (χ1n) is 14.9. The molecule has 0 saturated carbocycles. The molecule has 0 heterocycles. The molecule has 0 amide bonds. The molecule has 0 aliphatic carbocycles. The van der Waals surface area contributed by atoms with Crippen molar-refractivity contribution in [2.24, 2.45) is 0 Å². The lowest BCUT2D eigenvalue weighted by molar-refractivity contribution is 0.870. The number of benzene rings is 4. The van der Waals surface area contributed by atoms with Crippen molar-refractivity contribution in [2.45, 2.75) is 91.6 Å². The van der Waals surface area contributed by atoms with E-state index in [0.717, 1.165) is 11.3 Å². The Bertz CT molecular complexity index is 1330. The molecule has 0 fully saturated rings. The Morgan fingerprint density at radius 3 is 1.79 bits per heavy atom. The molecule has 0 N–H and O–H groups in total. The average Bonchev–Trinajstić information content (AvgIpc) is 2.91. The van der Waals surface area contributed by atoms with Crippen molar-refractivity contribution in [1.82, 2.24) is 0 Å². The van der Waals surface area contributed by atoms with E-state index in [-0.39, 0.29) is 15.8 Å². The van der Waals surface area contributed by atoms with Crippen molar-refractivity contribution in [1.29, 1.82) is 0 Å². The summed E-state index contributed by atoms with van der Waals surface area (Å²) in [6, 6.07) is 25.7. The summed E-state index contributed by atoms with van der Waals surface area (Å²) in [4.78, 5) is 0. The summed E-state index contributed by atoms with van der Waals surface area (Å²) < 4.78 is 0. The SMILES string of the molecule is CCCCP(CCCC)c1c(C)cc2ccccc2c1-c1c(CP(C(C)C)C(C)C)ccc2ccccc12. The van der Waals surface area contributed by atoms with Gasteiger partial charge in [-0.15, -0.1) is 0 Å². The molecular formula is C36H48P2. The van der Waals surface area contributed by atoms with Crippen molar-refractivity contribution in [3.63, 3.8) is 0 Å². The minimum absolute atomic E-state index is 0.106. The van der Waals surface area contributed by atoms with Gasteiger partial charge in [0.2, 0.25) is 0 Å². The Labute approximate surface area is 235 Å². The van der Waals surface area contributed by atoms with Crippen molar-refractivity contribution < 1.29 is 0 Å². The van der Waals surface area contributed by atoms with E-state index >= 15 is 0 Å². The number of hydrogen-bond donors (Lipinski definition) is 0. The van der Waals surface area contributed by atoms with Gasteiger partial charge in [0.25, 0.3) is 0 Å². The van der Waals surface area contributed by atoms with Crippen molar-refractivity contribution >= 4 is 42.7 Å². The van der Waals surface area contributed by atoms with Gasteiger partial charge in [0, 0.05) is 0 Å². The molecule has 0 atom stereocenters. The summed E-state index contributed by atoms with van der Waals surface area (Å²) >= 11 is 0. The van der Waals surface area contributed by atoms with Gasteiger partial charge in [0.15, 0.2) is 0 Å². The van der Waals surface area contributed by atoms with Crippen LogP contribution < -0.4 is 5.30 Å². The van der Waals surface area contributed by atoms with Gasteiger partial charge in [-0.2, -0.15) is 0 Å². The van der Waals surface area contributed by atoms with E-state index in [1.165, 1.54) is 76.8 Å². The summed E-state index contributed by atoms with van der Waals surface area (Å²) in [6.07, 6.45) is 9.12. The van der Waals surface area contributed by atoms with E-state index in [4.69, 9.17) is 0 Å². The molecule has 0 unspecified atom stereocenters. The smallest absolute Gasteiger partial charge is 0.00166 e. The van der Waals surface area contributed by atoms with Gasteiger partial charge in [0.1, 0.15) is 0 Å². The number of aryl methyl sites for hydroxylation is 1. The second-order valence-corrected chi connectivity index (χ2v) is 17.3. The van der Waals surface area contributed by atoms with E-state index in [1.54, 1.807) is 16.4 Å². The lowest BCUT2D eigenvalue weighted by Gasteiger charge is -2.30. The normalized spacial score (nSPS) is 12.2. The first kappa shape index (κ1) is 29.2. The maximum absolute atomic E-state index is 2.49. The third-order valence-electron chi connectivity index (χ3n) is 8.04. The highest BCUT2D eigenvalue weighted by Crippen LogP contribution is 2.52. The molecule has 202 valence electrons. The lowest BCUT2D eigenvalue weighted by Crippen LogP contribution is -2.16. The van der Waals surface area contributed by atoms with Crippen LogP contribution in [0.2, 0.25) is 0 Å². The Hall–Kier alpha value is -1.74. The molecule has 0 aliphatic rings. The number of hydrogen-bond acceptors (Lipinski definition) is 0. The second-order valence-electron chi connectivity index (χ2n) is 11.5. The van der Waals surface area contributed by atoms with Gasteiger partial charge in [-0.25, -0.2) is 0 Å².